The maximum absolute atomic E-state index is 12.1. The number of alkyl halides is 2. The van der Waals surface area contributed by atoms with Crippen LogP contribution in [0.25, 0.3) is 0 Å². The monoisotopic (exact) mass is 280 g/mol. The summed E-state index contributed by atoms with van der Waals surface area (Å²) >= 11 is 0. The molecule has 0 saturated carbocycles. The molecule has 0 fully saturated rings. The van der Waals surface area contributed by atoms with Gasteiger partial charge in [0.2, 0.25) is 5.91 Å². The van der Waals surface area contributed by atoms with E-state index in [0.717, 1.165) is 0 Å². The van der Waals surface area contributed by atoms with Crippen molar-refractivity contribution < 1.29 is 18.3 Å². The summed E-state index contributed by atoms with van der Waals surface area (Å²) < 4.78 is 28.5. The molecule has 0 aromatic heterocycles. The summed E-state index contributed by atoms with van der Waals surface area (Å²) in [6.07, 6.45) is 0.206. The first-order valence-corrected chi connectivity index (χ1v) is 5.13. The molecule has 0 bridgehead atoms. The summed E-state index contributed by atoms with van der Waals surface area (Å²) in [7, 11) is 0. The van der Waals surface area contributed by atoms with Gasteiger partial charge in [-0.05, 0) is 6.07 Å². The maximum atomic E-state index is 12.1. The molecule has 1 rings (SSSR count). The number of hydrogen-bond donors (Lipinski definition) is 2. The van der Waals surface area contributed by atoms with Gasteiger partial charge in [0.1, 0.15) is 5.75 Å². The molecule has 0 spiro atoms. The molecule has 0 saturated heterocycles. The molecule has 0 unspecified atom stereocenters. The van der Waals surface area contributed by atoms with E-state index in [4.69, 9.17) is 5.73 Å². The van der Waals surface area contributed by atoms with Crippen molar-refractivity contribution in [2.24, 2.45) is 5.73 Å². The summed E-state index contributed by atoms with van der Waals surface area (Å²) in [6.45, 7) is -2.49. The summed E-state index contributed by atoms with van der Waals surface area (Å²) in [5.74, 6) is -0.158. The molecule has 1 aromatic carbocycles. The Morgan fingerprint density at radius 2 is 2.06 bits per heavy atom. The normalized spacial score (nSPS) is 9.78. The molecule has 0 aliphatic heterocycles. The third-order valence-electron chi connectivity index (χ3n) is 2.04. The van der Waals surface area contributed by atoms with Crippen molar-refractivity contribution in [3.05, 3.63) is 29.8 Å². The molecular weight excluding hydrogens is 266 g/mol. The van der Waals surface area contributed by atoms with Crippen LogP contribution in [0.15, 0.2) is 24.3 Å². The van der Waals surface area contributed by atoms with Gasteiger partial charge in [0, 0.05) is 25.1 Å². The predicted octanol–water partition coefficient (Wildman–Crippen LogP) is 1.67. The Balaban J connectivity index is 0.00000289. The zero-order valence-corrected chi connectivity index (χ0v) is 10.4. The van der Waals surface area contributed by atoms with Crippen LogP contribution in [0.1, 0.15) is 12.0 Å². The van der Waals surface area contributed by atoms with Crippen LogP contribution in [0.4, 0.5) is 8.78 Å². The third-order valence-corrected chi connectivity index (χ3v) is 2.04. The number of carbonyl (C=O) groups excluding carboxylic acids is 1. The summed E-state index contributed by atoms with van der Waals surface area (Å²) in [5.41, 5.74) is 5.71. The number of ether oxygens (including phenoxy) is 1. The van der Waals surface area contributed by atoms with Crippen molar-refractivity contribution in [1.29, 1.82) is 0 Å². The molecule has 0 aliphatic carbocycles. The number of para-hydroxylation sites is 1. The van der Waals surface area contributed by atoms with Gasteiger partial charge in [0.15, 0.2) is 0 Å². The fourth-order valence-corrected chi connectivity index (χ4v) is 1.27. The van der Waals surface area contributed by atoms with Crippen LogP contribution in [0.5, 0.6) is 5.75 Å². The van der Waals surface area contributed by atoms with Crippen molar-refractivity contribution in [3.8, 4) is 5.75 Å². The van der Waals surface area contributed by atoms with Gasteiger partial charge in [-0.25, -0.2) is 0 Å². The zero-order valence-electron chi connectivity index (χ0n) is 9.57. The van der Waals surface area contributed by atoms with E-state index in [-0.39, 0.29) is 43.6 Å². The average Bonchev–Trinajstić information content (AvgIpc) is 2.27. The smallest absolute Gasteiger partial charge is 0.387 e. The third kappa shape index (κ3) is 5.79. The van der Waals surface area contributed by atoms with Crippen LogP contribution in [0.2, 0.25) is 0 Å². The van der Waals surface area contributed by atoms with E-state index in [9.17, 15) is 13.6 Å². The number of nitrogens with one attached hydrogen (secondary N) is 1. The molecule has 0 radical (unpaired) electrons. The minimum Gasteiger partial charge on any atom is -0.434 e. The Hall–Kier alpha value is -1.40. The predicted molar refractivity (Wildman–Crippen MR) is 65.8 cm³/mol. The Morgan fingerprint density at radius 1 is 1.39 bits per heavy atom. The van der Waals surface area contributed by atoms with Crippen molar-refractivity contribution in [3.63, 3.8) is 0 Å². The number of carbonyl (C=O) groups is 1. The van der Waals surface area contributed by atoms with Crippen LogP contribution in [0.3, 0.4) is 0 Å². The number of rotatable bonds is 6. The number of nitrogens with two attached hydrogens (primary N) is 1. The second-order valence-electron chi connectivity index (χ2n) is 3.30. The van der Waals surface area contributed by atoms with Crippen molar-refractivity contribution in [2.75, 3.05) is 6.54 Å². The second-order valence-corrected chi connectivity index (χ2v) is 3.30. The number of benzene rings is 1. The highest BCUT2D eigenvalue weighted by Crippen LogP contribution is 2.19. The lowest BCUT2D eigenvalue weighted by Crippen LogP contribution is -2.25. The first kappa shape index (κ1) is 16.6. The highest BCUT2D eigenvalue weighted by molar-refractivity contribution is 5.85. The summed E-state index contributed by atoms with van der Waals surface area (Å²) in [4.78, 5) is 11.2. The highest BCUT2D eigenvalue weighted by atomic mass is 35.5. The molecule has 102 valence electrons. The van der Waals surface area contributed by atoms with Gasteiger partial charge in [-0.3, -0.25) is 4.79 Å². The van der Waals surface area contributed by atoms with Gasteiger partial charge < -0.3 is 15.8 Å². The molecule has 1 aromatic rings. The van der Waals surface area contributed by atoms with Crippen LogP contribution < -0.4 is 15.8 Å². The molecule has 4 nitrogen and oxygen atoms in total. The number of amides is 1. The summed E-state index contributed by atoms with van der Waals surface area (Å²) in [5, 5.41) is 2.57. The van der Waals surface area contributed by atoms with Crippen LogP contribution >= 0.6 is 12.4 Å². The Kier molecular flexibility index (Phi) is 7.98. The largest absolute Gasteiger partial charge is 0.434 e. The van der Waals surface area contributed by atoms with Gasteiger partial charge in [-0.2, -0.15) is 8.78 Å². The maximum Gasteiger partial charge on any atom is 0.387 e. The van der Waals surface area contributed by atoms with Crippen LogP contribution in [-0.4, -0.2) is 19.1 Å². The van der Waals surface area contributed by atoms with E-state index in [1.54, 1.807) is 18.2 Å². The lowest BCUT2D eigenvalue weighted by Gasteiger charge is -2.11. The fraction of sp³-hybridized carbons (Fsp3) is 0.364. The summed E-state index contributed by atoms with van der Waals surface area (Å²) in [6, 6.07) is 6.31. The zero-order chi connectivity index (χ0) is 12.7. The van der Waals surface area contributed by atoms with Gasteiger partial charge in [-0.1, -0.05) is 18.2 Å². The number of hydrogen-bond acceptors (Lipinski definition) is 3. The lowest BCUT2D eigenvalue weighted by atomic mass is 10.2. The molecule has 1 amide bonds. The number of halogens is 3. The molecule has 7 heteroatoms. The van der Waals surface area contributed by atoms with Gasteiger partial charge in [0.05, 0.1) is 0 Å². The molecule has 0 aliphatic rings. The van der Waals surface area contributed by atoms with Gasteiger partial charge in [-0.15, -0.1) is 12.4 Å². The Bertz CT molecular complexity index is 378. The molecule has 3 N–H and O–H groups in total. The van der Waals surface area contributed by atoms with E-state index in [0.29, 0.717) is 5.56 Å². The molecule has 18 heavy (non-hydrogen) atoms. The first-order chi connectivity index (χ1) is 8.13. The fourth-order valence-electron chi connectivity index (χ4n) is 1.27. The van der Waals surface area contributed by atoms with Crippen LogP contribution in [0, 0.1) is 0 Å². The van der Waals surface area contributed by atoms with Crippen molar-refractivity contribution in [2.45, 2.75) is 19.6 Å². The van der Waals surface area contributed by atoms with E-state index in [1.165, 1.54) is 6.07 Å². The second kappa shape index (κ2) is 8.66. The van der Waals surface area contributed by atoms with E-state index < -0.39 is 6.61 Å². The molecule has 0 atom stereocenters. The highest BCUT2D eigenvalue weighted by Gasteiger charge is 2.09. The average molecular weight is 281 g/mol. The van der Waals surface area contributed by atoms with E-state index >= 15 is 0 Å². The molecule has 0 heterocycles. The molecular formula is C11H15ClF2N2O2. The van der Waals surface area contributed by atoms with E-state index in [2.05, 4.69) is 10.1 Å². The van der Waals surface area contributed by atoms with Gasteiger partial charge >= 0.3 is 6.61 Å². The Labute approximate surface area is 110 Å². The topological polar surface area (TPSA) is 64.4 Å². The lowest BCUT2D eigenvalue weighted by molar-refractivity contribution is -0.121. The van der Waals surface area contributed by atoms with Crippen LogP contribution in [-0.2, 0) is 11.3 Å². The SMILES string of the molecule is Cl.NCCC(=O)NCc1ccccc1OC(F)F. The minimum absolute atomic E-state index is 0. The quantitative estimate of drug-likeness (QED) is 0.833. The van der Waals surface area contributed by atoms with Crippen molar-refractivity contribution in [1.82, 2.24) is 5.32 Å². The first-order valence-electron chi connectivity index (χ1n) is 5.13. The Morgan fingerprint density at radius 3 is 2.67 bits per heavy atom. The van der Waals surface area contributed by atoms with Gasteiger partial charge in [0.25, 0.3) is 0 Å². The van der Waals surface area contributed by atoms with E-state index in [1.807, 2.05) is 0 Å². The minimum atomic E-state index is -2.88. The standard InChI is InChI=1S/C11H14F2N2O2.ClH/c12-11(13)17-9-4-2-1-3-8(9)7-15-10(16)5-6-14;/h1-4,11H,5-7,14H2,(H,15,16);1H. The van der Waals surface area contributed by atoms with Crippen molar-refractivity contribution >= 4 is 18.3 Å².